The highest BCUT2D eigenvalue weighted by atomic mass is 16.4. The standard InChI is InChI=1S/C12H24N2O3/c1-5-12(4,11(16)17)7-14-10(15)9(13)6-8(2)3/h8-9H,5-7,13H2,1-4H3,(H,14,15)(H,16,17). The molecular formula is C12H24N2O3. The predicted octanol–water partition coefficient (Wildman–Crippen LogP) is 0.977. The molecule has 0 aromatic carbocycles. The molecule has 5 heteroatoms. The largest absolute Gasteiger partial charge is 0.481 e. The number of aliphatic carboxylic acids is 1. The number of hydrogen-bond acceptors (Lipinski definition) is 3. The molecule has 1 amide bonds. The summed E-state index contributed by atoms with van der Waals surface area (Å²) in [6.45, 7) is 7.49. The monoisotopic (exact) mass is 244 g/mol. The number of hydrogen-bond donors (Lipinski definition) is 3. The Hall–Kier alpha value is -1.10. The predicted molar refractivity (Wildman–Crippen MR) is 66.5 cm³/mol. The zero-order valence-electron chi connectivity index (χ0n) is 11.1. The normalized spacial score (nSPS) is 16.4. The van der Waals surface area contributed by atoms with Gasteiger partial charge in [-0.25, -0.2) is 0 Å². The number of rotatable bonds is 7. The van der Waals surface area contributed by atoms with Crippen LogP contribution in [-0.4, -0.2) is 29.6 Å². The van der Waals surface area contributed by atoms with Crippen molar-refractivity contribution in [1.29, 1.82) is 0 Å². The van der Waals surface area contributed by atoms with E-state index in [2.05, 4.69) is 5.32 Å². The molecule has 0 aromatic rings. The first-order valence-electron chi connectivity index (χ1n) is 5.99. The summed E-state index contributed by atoms with van der Waals surface area (Å²) in [4.78, 5) is 22.7. The van der Waals surface area contributed by atoms with Crippen LogP contribution < -0.4 is 11.1 Å². The fourth-order valence-corrected chi connectivity index (χ4v) is 1.38. The Morgan fingerprint density at radius 2 is 1.94 bits per heavy atom. The zero-order chi connectivity index (χ0) is 13.6. The van der Waals surface area contributed by atoms with Gasteiger partial charge >= 0.3 is 5.97 Å². The van der Waals surface area contributed by atoms with Crippen LogP contribution in [0.25, 0.3) is 0 Å². The van der Waals surface area contributed by atoms with Crippen molar-refractivity contribution in [3.8, 4) is 0 Å². The van der Waals surface area contributed by atoms with E-state index in [4.69, 9.17) is 10.8 Å². The lowest BCUT2D eigenvalue weighted by Gasteiger charge is -2.24. The van der Waals surface area contributed by atoms with Gasteiger partial charge < -0.3 is 16.2 Å². The van der Waals surface area contributed by atoms with Gasteiger partial charge in [-0.15, -0.1) is 0 Å². The quantitative estimate of drug-likeness (QED) is 0.622. The highest BCUT2D eigenvalue weighted by Crippen LogP contribution is 2.19. The molecule has 0 rings (SSSR count). The summed E-state index contributed by atoms with van der Waals surface area (Å²) in [7, 11) is 0. The summed E-state index contributed by atoms with van der Waals surface area (Å²) >= 11 is 0. The topological polar surface area (TPSA) is 92.4 Å². The van der Waals surface area contributed by atoms with Crippen molar-refractivity contribution in [2.75, 3.05) is 6.54 Å². The van der Waals surface area contributed by atoms with Crippen LogP contribution in [0.4, 0.5) is 0 Å². The number of amides is 1. The molecule has 0 bridgehead atoms. The summed E-state index contributed by atoms with van der Waals surface area (Å²) in [6.07, 6.45) is 1.06. The van der Waals surface area contributed by atoms with Crippen LogP contribution in [0.15, 0.2) is 0 Å². The van der Waals surface area contributed by atoms with E-state index in [1.165, 1.54) is 0 Å². The average molecular weight is 244 g/mol. The van der Waals surface area contributed by atoms with Crippen molar-refractivity contribution in [2.24, 2.45) is 17.1 Å². The first kappa shape index (κ1) is 15.9. The molecule has 2 unspecified atom stereocenters. The van der Waals surface area contributed by atoms with Gasteiger partial charge in [-0.3, -0.25) is 9.59 Å². The van der Waals surface area contributed by atoms with Crippen LogP contribution in [-0.2, 0) is 9.59 Å². The van der Waals surface area contributed by atoms with Crippen LogP contribution in [0.3, 0.4) is 0 Å². The molecule has 0 aromatic heterocycles. The van der Waals surface area contributed by atoms with E-state index in [-0.39, 0.29) is 12.5 Å². The van der Waals surface area contributed by atoms with Gasteiger partial charge in [0.15, 0.2) is 0 Å². The highest BCUT2D eigenvalue weighted by Gasteiger charge is 2.32. The highest BCUT2D eigenvalue weighted by molar-refractivity contribution is 5.82. The number of carboxylic acids is 1. The minimum atomic E-state index is -0.923. The van der Waals surface area contributed by atoms with Crippen LogP contribution in [0.1, 0.15) is 40.5 Å². The molecule has 100 valence electrons. The lowest BCUT2D eigenvalue weighted by molar-refractivity contribution is -0.148. The fraction of sp³-hybridized carbons (Fsp3) is 0.833. The third-order valence-electron chi connectivity index (χ3n) is 3.01. The lowest BCUT2D eigenvalue weighted by atomic mass is 9.87. The molecule has 0 fully saturated rings. The smallest absolute Gasteiger partial charge is 0.311 e. The van der Waals surface area contributed by atoms with E-state index < -0.39 is 17.4 Å². The van der Waals surface area contributed by atoms with E-state index in [0.29, 0.717) is 18.8 Å². The van der Waals surface area contributed by atoms with Crippen molar-refractivity contribution in [3.63, 3.8) is 0 Å². The van der Waals surface area contributed by atoms with Crippen molar-refractivity contribution >= 4 is 11.9 Å². The summed E-state index contributed by atoms with van der Waals surface area (Å²) < 4.78 is 0. The zero-order valence-corrected chi connectivity index (χ0v) is 11.1. The minimum absolute atomic E-state index is 0.115. The molecule has 4 N–H and O–H groups in total. The molecule has 2 atom stereocenters. The van der Waals surface area contributed by atoms with Crippen molar-refractivity contribution in [3.05, 3.63) is 0 Å². The molecule has 0 aliphatic rings. The maximum atomic E-state index is 11.6. The average Bonchev–Trinajstić information content (AvgIpc) is 2.23. The molecule has 0 aliphatic heterocycles. The maximum absolute atomic E-state index is 11.6. The van der Waals surface area contributed by atoms with Gasteiger partial charge in [0.2, 0.25) is 5.91 Å². The van der Waals surface area contributed by atoms with Crippen molar-refractivity contribution in [1.82, 2.24) is 5.32 Å². The number of carbonyl (C=O) groups is 2. The third-order valence-corrected chi connectivity index (χ3v) is 3.01. The Kier molecular flexibility index (Phi) is 6.16. The second kappa shape index (κ2) is 6.59. The van der Waals surface area contributed by atoms with Crippen LogP contribution in [0.2, 0.25) is 0 Å². The van der Waals surface area contributed by atoms with E-state index in [0.717, 1.165) is 0 Å². The summed E-state index contributed by atoms with van der Waals surface area (Å²) in [5.74, 6) is -0.842. The number of nitrogens with two attached hydrogens (primary N) is 1. The Morgan fingerprint density at radius 3 is 2.29 bits per heavy atom. The molecule has 17 heavy (non-hydrogen) atoms. The Morgan fingerprint density at radius 1 is 1.41 bits per heavy atom. The number of carboxylic acid groups (broad SMARTS) is 1. The van der Waals surface area contributed by atoms with Gasteiger partial charge in [0.05, 0.1) is 11.5 Å². The van der Waals surface area contributed by atoms with Crippen LogP contribution in [0, 0.1) is 11.3 Å². The van der Waals surface area contributed by atoms with Gasteiger partial charge in [-0.1, -0.05) is 20.8 Å². The number of nitrogens with one attached hydrogen (secondary N) is 1. The molecule has 0 saturated carbocycles. The molecule has 0 heterocycles. The second-order valence-electron chi connectivity index (χ2n) is 5.17. The molecule has 0 saturated heterocycles. The summed E-state index contributed by atoms with van der Waals surface area (Å²) in [5.41, 5.74) is 4.78. The second-order valence-corrected chi connectivity index (χ2v) is 5.17. The SMILES string of the molecule is CCC(C)(CNC(=O)C(N)CC(C)C)C(=O)O. The van der Waals surface area contributed by atoms with E-state index in [1.807, 2.05) is 13.8 Å². The number of carbonyl (C=O) groups excluding carboxylic acids is 1. The maximum Gasteiger partial charge on any atom is 0.311 e. The van der Waals surface area contributed by atoms with Gasteiger partial charge in [-0.2, -0.15) is 0 Å². The van der Waals surface area contributed by atoms with E-state index >= 15 is 0 Å². The van der Waals surface area contributed by atoms with Crippen molar-refractivity contribution < 1.29 is 14.7 Å². The van der Waals surface area contributed by atoms with Gasteiger partial charge in [-0.05, 0) is 25.7 Å². The Bertz CT molecular complexity index is 279. The van der Waals surface area contributed by atoms with Gasteiger partial charge in [0.25, 0.3) is 0 Å². The van der Waals surface area contributed by atoms with Crippen molar-refractivity contribution in [2.45, 2.75) is 46.6 Å². The van der Waals surface area contributed by atoms with Crippen LogP contribution >= 0.6 is 0 Å². The lowest BCUT2D eigenvalue weighted by Crippen LogP contribution is -2.47. The summed E-state index contributed by atoms with van der Waals surface area (Å²) in [5, 5.41) is 11.7. The molecule has 5 nitrogen and oxygen atoms in total. The van der Waals surface area contributed by atoms with Gasteiger partial charge in [0.1, 0.15) is 0 Å². The first-order chi connectivity index (χ1) is 7.73. The minimum Gasteiger partial charge on any atom is -0.481 e. The molecule has 0 radical (unpaired) electrons. The van der Waals surface area contributed by atoms with Gasteiger partial charge in [0, 0.05) is 6.54 Å². The van der Waals surface area contributed by atoms with Crippen LogP contribution in [0.5, 0.6) is 0 Å². The third kappa shape index (κ3) is 5.17. The Balaban J connectivity index is 4.27. The molecule has 0 aliphatic carbocycles. The van der Waals surface area contributed by atoms with E-state index in [9.17, 15) is 9.59 Å². The molecule has 0 spiro atoms. The Labute approximate surface area is 103 Å². The first-order valence-corrected chi connectivity index (χ1v) is 5.99. The molecular weight excluding hydrogens is 220 g/mol. The van der Waals surface area contributed by atoms with E-state index in [1.54, 1.807) is 13.8 Å². The summed E-state index contributed by atoms with van der Waals surface area (Å²) in [6, 6.07) is -0.565. The fourth-order valence-electron chi connectivity index (χ4n) is 1.38.